The molecule has 35 heavy (non-hydrogen) atoms. The van der Waals surface area contributed by atoms with Gasteiger partial charge in [0.05, 0.1) is 18.1 Å². The molecule has 1 N–H and O–H groups in total. The molecule has 1 aromatic heterocycles. The van der Waals surface area contributed by atoms with E-state index in [1.54, 1.807) is 23.1 Å². The standard InChI is InChI=1S/C24H25FN4O5S/c25-17-1-3-18(4-2-17)27-7-9-28(10-8-27)24(31)21-16-26-22-6-5-19(15-20(22)23(21)30)35(32,33)29-11-13-34-14-12-29/h1-6,15-16H,7-14H2,(H,26,30). The Morgan fingerprint density at radius 1 is 0.943 bits per heavy atom. The van der Waals surface area contributed by atoms with E-state index in [4.69, 9.17) is 4.74 Å². The van der Waals surface area contributed by atoms with Gasteiger partial charge in [-0.05, 0) is 42.5 Å². The van der Waals surface area contributed by atoms with Crippen LogP contribution in [0.2, 0.25) is 0 Å². The molecule has 2 aliphatic rings. The van der Waals surface area contributed by atoms with E-state index < -0.39 is 21.4 Å². The predicted octanol–water partition coefficient (Wildman–Crippen LogP) is 1.65. The van der Waals surface area contributed by atoms with E-state index in [0.717, 1.165) is 5.69 Å². The van der Waals surface area contributed by atoms with Gasteiger partial charge in [-0.15, -0.1) is 0 Å². The number of hydrogen-bond donors (Lipinski definition) is 1. The Labute approximate surface area is 201 Å². The second-order valence-corrected chi connectivity index (χ2v) is 10.4. The number of aromatic amines is 1. The minimum atomic E-state index is -3.78. The van der Waals surface area contributed by atoms with Crippen molar-refractivity contribution in [3.05, 3.63) is 70.3 Å². The first-order valence-corrected chi connectivity index (χ1v) is 12.8. The number of benzene rings is 2. The number of rotatable bonds is 4. The Morgan fingerprint density at radius 2 is 1.63 bits per heavy atom. The zero-order valence-corrected chi connectivity index (χ0v) is 19.8. The van der Waals surface area contributed by atoms with Crippen LogP contribution in [0.25, 0.3) is 10.9 Å². The lowest BCUT2D eigenvalue weighted by atomic mass is 10.1. The lowest BCUT2D eigenvalue weighted by Crippen LogP contribution is -2.49. The smallest absolute Gasteiger partial charge is 0.259 e. The van der Waals surface area contributed by atoms with Gasteiger partial charge in [0.1, 0.15) is 11.4 Å². The minimum Gasteiger partial charge on any atom is -0.379 e. The van der Waals surface area contributed by atoms with Crippen LogP contribution in [-0.2, 0) is 14.8 Å². The fourth-order valence-corrected chi connectivity index (χ4v) is 5.88. The second kappa shape index (κ2) is 9.40. The fraction of sp³-hybridized carbons (Fsp3) is 0.333. The highest BCUT2D eigenvalue weighted by molar-refractivity contribution is 7.89. The third kappa shape index (κ3) is 4.54. The molecule has 0 unspecified atom stereocenters. The number of fused-ring (bicyclic) bond motifs is 1. The maximum absolute atomic E-state index is 13.2. The lowest BCUT2D eigenvalue weighted by molar-refractivity contribution is 0.0730. The van der Waals surface area contributed by atoms with Gasteiger partial charge >= 0.3 is 0 Å². The third-order valence-electron chi connectivity index (χ3n) is 6.45. The van der Waals surface area contributed by atoms with Gasteiger partial charge in [-0.1, -0.05) is 0 Å². The van der Waals surface area contributed by atoms with Crippen molar-refractivity contribution in [1.29, 1.82) is 0 Å². The van der Waals surface area contributed by atoms with Gasteiger partial charge in [-0.25, -0.2) is 12.8 Å². The summed E-state index contributed by atoms with van der Waals surface area (Å²) in [4.78, 5) is 33.0. The first-order chi connectivity index (χ1) is 16.8. The van der Waals surface area contributed by atoms with Crippen LogP contribution in [0.3, 0.4) is 0 Å². The molecule has 0 aliphatic carbocycles. The molecule has 2 fully saturated rings. The Morgan fingerprint density at radius 3 is 2.31 bits per heavy atom. The number of piperazine rings is 1. The summed E-state index contributed by atoms with van der Waals surface area (Å²) in [6.07, 6.45) is 1.38. The lowest BCUT2D eigenvalue weighted by Gasteiger charge is -2.36. The monoisotopic (exact) mass is 500 g/mol. The van der Waals surface area contributed by atoms with Crippen molar-refractivity contribution in [3.63, 3.8) is 0 Å². The summed E-state index contributed by atoms with van der Waals surface area (Å²) in [5.41, 5.74) is 0.780. The van der Waals surface area contributed by atoms with Gasteiger partial charge in [0.2, 0.25) is 15.5 Å². The number of carbonyl (C=O) groups excluding carboxylic acids is 1. The average Bonchev–Trinajstić information content (AvgIpc) is 2.89. The molecule has 0 spiro atoms. The highest BCUT2D eigenvalue weighted by Gasteiger charge is 2.28. The van der Waals surface area contributed by atoms with Crippen LogP contribution >= 0.6 is 0 Å². The molecular formula is C24H25FN4O5S. The van der Waals surface area contributed by atoms with Crippen LogP contribution in [-0.4, -0.2) is 81.0 Å². The third-order valence-corrected chi connectivity index (χ3v) is 8.34. The number of aromatic nitrogens is 1. The molecule has 1 amide bonds. The second-order valence-electron chi connectivity index (χ2n) is 8.51. The maximum Gasteiger partial charge on any atom is 0.259 e. The number of hydrogen-bond acceptors (Lipinski definition) is 6. The first kappa shape index (κ1) is 23.5. The summed E-state index contributed by atoms with van der Waals surface area (Å²) in [5.74, 6) is -0.715. The summed E-state index contributed by atoms with van der Waals surface area (Å²) in [5, 5.41) is 0.148. The number of halogens is 1. The molecule has 9 nitrogen and oxygen atoms in total. The van der Waals surface area contributed by atoms with E-state index >= 15 is 0 Å². The highest BCUT2D eigenvalue weighted by Crippen LogP contribution is 2.21. The van der Waals surface area contributed by atoms with E-state index in [1.165, 1.54) is 34.8 Å². The minimum absolute atomic E-state index is 0.00918. The van der Waals surface area contributed by atoms with Crippen LogP contribution < -0.4 is 10.3 Å². The molecule has 184 valence electrons. The number of carbonyl (C=O) groups is 1. The molecule has 3 aromatic rings. The highest BCUT2D eigenvalue weighted by atomic mass is 32.2. The number of morpholine rings is 1. The zero-order chi connectivity index (χ0) is 24.6. The van der Waals surface area contributed by atoms with Crippen LogP contribution in [0.15, 0.2) is 58.4 Å². The molecule has 0 atom stereocenters. The number of nitrogens with one attached hydrogen (secondary N) is 1. The fourth-order valence-electron chi connectivity index (χ4n) is 4.44. The molecule has 2 saturated heterocycles. The van der Waals surface area contributed by atoms with Crippen molar-refractivity contribution in [1.82, 2.24) is 14.2 Å². The molecule has 11 heteroatoms. The number of pyridine rings is 1. The van der Waals surface area contributed by atoms with E-state index in [-0.39, 0.29) is 34.8 Å². The number of H-pyrrole nitrogens is 1. The molecule has 2 aliphatic heterocycles. The van der Waals surface area contributed by atoms with Gasteiger partial charge in [-0.2, -0.15) is 4.31 Å². The van der Waals surface area contributed by atoms with Crippen LogP contribution in [0.4, 0.5) is 10.1 Å². The summed E-state index contributed by atoms with van der Waals surface area (Å²) in [7, 11) is -3.78. The first-order valence-electron chi connectivity index (χ1n) is 11.4. The van der Waals surface area contributed by atoms with E-state index in [2.05, 4.69) is 9.88 Å². The molecular weight excluding hydrogens is 475 g/mol. The summed E-state index contributed by atoms with van der Waals surface area (Å²) in [6.45, 7) is 3.03. The van der Waals surface area contributed by atoms with Crippen LogP contribution in [0.1, 0.15) is 10.4 Å². The number of nitrogens with zero attached hydrogens (tertiary/aromatic N) is 3. The van der Waals surface area contributed by atoms with Crippen molar-refractivity contribution < 1.29 is 22.3 Å². The van der Waals surface area contributed by atoms with Gasteiger partial charge in [0, 0.05) is 62.1 Å². The summed E-state index contributed by atoms with van der Waals surface area (Å²) in [6, 6.07) is 10.5. The Kier molecular flexibility index (Phi) is 6.30. The molecule has 5 rings (SSSR count). The number of ether oxygens (including phenoxy) is 1. The molecule has 2 aromatic carbocycles. The van der Waals surface area contributed by atoms with E-state index in [1.807, 2.05) is 0 Å². The van der Waals surface area contributed by atoms with Crippen LogP contribution in [0.5, 0.6) is 0 Å². The Hall–Kier alpha value is -3.28. The normalized spacial score (nSPS) is 17.6. The van der Waals surface area contributed by atoms with Gasteiger partial charge < -0.3 is 19.5 Å². The molecule has 0 radical (unpaired) electrons. The van der Waals surface area contributed by atoms with E-state index in [9.17, 15) is 22.4 Å². The average molecular weight is 501 g/mol. The molecule has 3 heterocycles. The van der Waals surface area contributed by atoms with Crippen molar-refractivity contribution >= 4 is 32.5 Å². The summed E-state index contributed by atoms with van der Waals surface area (Å²) >= 11 is 0. The van der Waals surface area contributed by atoms with E-state index in [0.29, 0.717) is 44.9 Å². The van der Waals surface area contributed by atoms with Crippen molar-refractivity contribution in [3.8, 4) is 0 Å². The molecule has 0 saturated carbocycles. The Bertz CT molecular complexity index is 1410. The van der Waals surface area contributed by atoms with Gasteiger partial charge in [0.25, 0.3) is 5.91 Å². The summed E-state index contributed by atoms with van der Waals surface area (Å²) < 4.78 is 45.8. The van der Waals surface area contributed by atoms with Crippen LogP contribution in [0, 0.1) is 5.82 Å². The number of anilines is 1. The topological polar surface area (TPSA) is 103 Å². The number of amides is 1. The van der Waals surface area contributed by atoms with Crippen molar-refractivity contribution in [2.45, 2.75) is 4.90 Å². The zero-order valence-electron chi connectivity index (χ0n) is 18.9. The maximum atomic E-state index is 13.2. The predicted molar refractivity (Wildman–Crippen MR) is 129 cm³/mol. The quantitative estimate of drug-likeness (QED) is 0.585. The van der Waals surface area contributed by atoms with Crippen molar-refractivity contribution in [2.24, 2.45) is 0 Å². The van der Waals surface area contributed by atoms with Gasteiger partial charge in [-0.3, -0.25) is 9.59 Å². The number of sulfonamides is 1. The largest absolute Gasteiger partial charge is 0.379 e. The molecule has 0 bridgehead atoms. The SMILES string of the molecule is O=C(c1c[nH]c2ccc(S(=O)(=O)N3CCOCC3)cc2c1=O)N1CCN(c2ccc(F)cc2)CC1. The Balaban J connectivity index is 1.37. The van der Waals surface area contributed by atoms with Gasteiger partial charge in [0.15, 0.2) is 0 Å². The van der Waals surface area contributed by atoms with Crippen molar-refractivity contribution in [2.75, 3.05) is 57.4 Å².